The number of hydrogen-bond donors (Lipinski definition) is 1. The minimum atomic E-state index is -0.153. The highest BCUT2D eigenvalue weighted by atomic mass is 16.2. The van der Waals surface area contributed by atoms with Gasteiger partial charge in [-0.05, 0) is 39.8 Å². The number of hydrazone groups is 1. The predicted molar refractivity (Wildman–Crippen MR) is 82.0 cm³/mol. The molecule has 2 amide bonds. The predicted octanol–water partition coefficient (Wildman–Crippen LogP) is 0.975. The Morgan fingerprint density at radius 3 is 2.52 bits per heavy atom. The molecule has 1 N–H and O–H groups in total. The molecule has 6 heteroatoms. The lowest BCUT2D eigenvalue weighted by Crippen LogP contribution is -2.54. The summed E-state index contributed by atoms with van der Waals surface area (Å²) in [6.45, 7) is 7.12. The molecule has 0 atom stereocenters. The van der Waals surface area contributed by atoms with Crippen molar-refractivity contribution >= 4 is 17.5 Å². The maximum Gasteiger partial charge on any atom is 0.267 e. The maximum absolute atomic E-state index is 12.2. The number of piperidine rings is 1. The lowest BCUT2D eigenvalue weighted by molar-refractivity contribution is -0.130. The monoisotopic (exact) mass is 294 g/mol. The SMILES string of the molecule is CN1N=C(C(=O)NCC(C)(C)N2CCCCC2)CCC1=O. The minimum absolute atomic E-state index is 0.0415. The second-order valence-corrected chi connectivity index (χ2v) is 6.51. The second kappa shape index (κ2) is 6.56. The van der Waals surface area contributed by atoms with Crippen LogP contribution in [0.2, 0.25) is 0 Å². The van der Waals surface area contributed by atoms with Crippen LogP contribution in [0.4, 0.5) is 0 Å². The van der Waals surface area contributed by atoms with Gasteiger partial charge in [-0.1, -0.05) is 6.42 Å². The van der Waals surface area contributed by atoms with E-state index in [1.54, 1.807) is 7.05 Å². The summed E-state index contributed by atoms with van der Waals surface area (Å²) in [6, 6.07) is 0. The minimum Gasteiger partial charge on any atom is -0.349 e. The molecule has 0 aromatic carbocycles. The number of likely N-dealkylation sites (tertiary alicyclic amines) is 1. The summed E-state index contributed by atoms with van der Waals surface area (Å²) in [5.41, 5.74) is 0.402. The molecule has 1 saturated heterocycles. The molecule has 0 aromatic rings. The molecule has 1 fully saturated rings. The number of nitrogens with zero attached hydrogens (tertiary/aromatic N) is 3. The second-order valence-electron chi connectivity index (χ2n) is 6.51. The first kappa shape index (κ1) is 15.9. The average molecular weight is 294 g/mol. The van der Waals surface area contributed by atoms with Crippen LogP contribution in [-0.4, -0.2) is 59.7 Å². The van der Waals surface area contributed by atoms with Crippen molar-refractivity contribution in [1.29, 1.82) is 0 Å². The van der Waals surface area contributed by atoms with Gasteiger partial charge in [0.1, 0.15) is 5.71 Å². The first-order chi connectivity index (χ1) is 9.90. The summed E-state index contributed by atoms with van der Waals surface area (Å²) in [6.07, 6.45) is 4.56. The number of hydrogen-bond acceptors (Lipinski definition) is 4. The molecule has 2 heterocycles. The van der Waals surface area contributed by atoms with E-state index in [4.69, 9.17) is 0 Å². The van der Waals surface area contributed by atoms with Gasteiger partial charge >= 0.3 is 0 Å². The van der Waals surface area contributed by atoms with Crippen LogP contribution in [0.3, 0.4) is 0 Å². The molecule has 0 bridgehead atoms. The Kier molecular flexibility index (Phi) is 4.98. The van der Waals surface area contributed by atoms with Crippen LogP contribution in [0.25, 0.3) is 0 Å². The van der Waals surface area contributed by atoms with Gasteiger partial charge in [0.05, 0.1) is 0 Å². The molecule has 0 aliphatic carbocycles. The summed E-state index contributed by atoms with van der Waals surface area (Å²) >= 11 is 0. The lowest BCUT2D eigenvalue weighted by Gasteiger charge is -2.41. The van der Waals surface area contributed by atoms with E-state index in [1.165, 1.54) is 24.3 Å². The van der Waals surface area contributed by atoms with Crippen molar-refractivity contribution < 1.29 is 9.59 Å². The number of rotatable bonds is 4. The van der Waals surface area contributed by atoms with Gasteiger partial charge in [0.2, 0.25) is 5.91 Å². The van der Waals surface area contributed by atoms with Crippen LogP contribution in [0, 0.1) is 0 Å². The largest absolute Gasteiger partial charge is 0.349 e. The summed E-state index contributed by atoms with van der Waals surface area (Å²) < 4.78 is 0. The Bertz CT molecular complexity index is 439. The van der Waals surface area contributed by atoms with Gasteiger partial charge in [-0.15, -0.1) is 0 Å². The number of amides is 2. The van der Waals surface area contributed by atoms with Crippen molar-refractivity contribution in [3.63, 3.8) is 0 Å². The molecule has 2 rings (SSSR count). The summed E-state index contributed by atoms with van der Waals surface area (Å²) in [4.78, 5) is 26.0. The third-order valence-electron chi connectivity index (χ3n) is 4.36. The van der Waals surface area contributed by atoms with Gasteiger partial charge in [0.15, 0.2) is 0 Å². The molecule has 0 radical (unpaired) electrons. The molecule has 6 nitrogen and oxygen atoms in total. The molecule has 0 spiro atoms. The van der Waals surface area contributed by atoms with Gasteiger partial charge in [-0.2, -0.15) is 5.10 Å². The first-order valence-electron chi connectivity index (χ1n) is 7.77. The highest BCUT2D eigenvalue weighted by Crippen LogP contribution is 2.19. The van der Waals surface area contributed by atoms with E-state index in [9.17, 15) is 9.59 Å². The standard InChI is InChI=1S/C15H26N4O2/c1-15(2,19-9-5-4-6-10-19)11-16-14(21)12-7-8-13(20)18(3)17-12/h4-11H2,1-3H3,(H,16,21). The molecular weight excluding hydrogens is 268 g/mol. The lowest BCUT2D eigenvalue weighted by atomic mass is 9.98. The fourth-order valence-corrected chi connectivity index (χ4v) is 2.84. The quantitative estimate of drug-likeness (QED) is 0.840. The zero-order valence-electron chi connectivity index (χ0n) is 13.3. The molecule has 118 valence electrons. The first-order valence-corrected chi connectivity index (χ1v) is 7.77. The van der Waals surface area contributed by atoms with Crippen molar-refractivity contribution in [2.45, 2.75) is 51.5 Å². The van der Waals surface area contributed by atoms with Crippen LogP contribution in [0.15, 0.2) is 5.10 Å². The van der Waals surface area contributed by atoms with Gasteiger partial charge in [0, 0.05) is 32.0 Å². The summed E-state index contributed by atoms with van der Waals surface area (Å²) in [7, 11) is 1.59. The average Bonchev–Trinajstić information content (AvgIpc) is 2.48. The Labute approximate surface area is 126 Å². The van der Waals surface area contributed by atoms with Crippen LogP contribution >= 0.6 is 0 Å². The Morgan fingerprint density at radius 1 is 1.24 bits per heavy atom. The topological polar surface area (TPSA) is 65.0 Å². The molecule has 2 aliphatic heterocycles. The fraction of sp³-hybridized carbons (Fsp3) is 0.800. The highest BCUT2D eigenvalue weighted by Gasteiger charge is 2.29. The molecule has 21 heavy (non-hydrogen) atoms. The van der Waals surface area contributed by atoms with E-state index in [1.807, 2.05) is 0 Å². The molecule has 2 aliphatic rings. The van der Waals surface area contributed by atoms with Gasteiger partial charge in [0.25, 0.3) is 5.91 Å². The third-order valence-corrected chi connectivity index (χ3v) is 4.36. The van der Waals surface area contributed by atoms with Gasteiger partial charge in [-0.3, -0.25) is 14.5 Å². The molecular formula is C15H26N4O2. The zero-order chi connectivity index (χ0) is 15.5. The van der Waals surface area contributed by atoms with E-state index in [-0.39, 0.29) is 17.4 Å². The van der Waals surface area contributed by atoms with Crippen LogP contribution in [0.5, 0.6) is 0 Å². The zero-order valence-corrected chi connectivity index (χ0v) is 13.3. The van der Waals surface area contributed by atoms with Crippen molar-refractivity contribution in [2.24, 2.45) is 5.10 Å². The fourth-order valence-electron chi connectivity index (χ4n) is 2.84. The van der Waals surface area contributed by atoms with Crippen molar-refractivity contribution in [3.8, 4) is 0 Å². The molecule has 0 saturated carbocycles. The van der Waals surface area contributed by atoms with Crippen molar-refractivity contribution in [1.82, 2.24) is 15.2 Å². The summed E-state index contributed by atoms with van der Waals surface area (Å²) in [5.74, 6) is -0.195. The van der Waals surface area contributed by atoms with Crippen LogP contribution < -0.4 is 5.32 Å². The van der Waals surface area contributed by atoms with Gasteiger partial charge in [-0.25, -0.2) is 5.01 Å². The summed E-state index contributed by atoms with van der Waals surface area (Å²) in [5, 5.41) is 8.29. The Balaban J connectivity index is 1.88. The Morgan fingerprint density at radius 2 is 1.90 bits per heavy atom. The van der Waals surface area contributed by atoms with Crippen LogP contribution in [-0.2, 0) is 9.59 Å². The third kappa shape index (κ3) is 4.03. The van der Waals surface area contributed by atoms with Gasteiger partial charge < -0.3 is 5.32 Å². The van der Waals surface area contributed by atoms with Crippen LogP contribution in [0.1, 0.15) is 46.0 Å². The van der Waals surface area contributed by atoms with E-state index >= 15 is 0 Å². The van der Waals surface area contributed by atoms with Crippen molar-refractivity contribution in [2.75, 3.05) is 26.7 Å². The maximum atomic E-state index is 12.2. The highest BCUT2D eigenvalue weighted by molar-refractivity contribution is 6.39. The number of carbonyl (C=O) groups excluding carboxylic acids is 2. The smallest absolute Gasteiger partial charge is 0.267 e. The molecule has 0 aromatic heterocycles. The molecule has 0 unspecified atom stereocenters. The van der Waals surface area contributed by atoms with Crippen molar-refractivity contribution in [3.05, 3.63) is 0 Å². The van der Waals surface area contributed by atoms with E-state index in [0.717, 1.165) is 13.1 Å². The van der Waals surface area contributed by atoms with E-state index < -0.39 is 0 Å². The number of carbonyl (C=O) groups is 2. The van der Waals surface area contributed by atoms with E-state index in [0.29, 0.717) is 25.1 Å². The normalized spacial score (nSPS) is 21.2. The van der Waals surface area contributed by atoms with E-state index in [2.05, 4.69) is 29.2 Å². The Hall–Kier alpha value is -1.43. The number of nitrogens with one attached hydrogen (secondary N) is 1.